The van der Waals surface area contributed by atoms with Gasteiger partial charge in [-0.15, -0.1) is 0 Å². The van der Waals surface area contributed by atoms with Crippen LogP contribution in [-0.2, 0) is 18.4 Å². The first-order valence-electron chi connectivity index (χ1n) is 7.91. The molecule has 2 aromatic carbocycles. The summed E-state index contributed by atoms with van der Waals surface area (Å²) in [5.74, 6) is 1.04. The Labute approximate surface area is 125 Å². The SMILES string of the molecule is NC1(c2cccc3c2OCCC3)CCCc2ccccc21. The molecule has 1 aliphatic heterocycles. The molecule has 0 bridgehead atoms. The monoisotopic (exact) mass is 279 g/mol. The first kappa shape index (κ1) is 12.9. The molecule has 1 unspecified atom stereocenters. The average molecular weight is 279 g/mol. The summed E-state index contributed by atoms with van der Waals surface area (Å²) in [6.45, 7) is 0.807. The molecule has 2 nitrogen and oxygen atoms in total. The highest BCUT2D eigenvalue weighted by molar-refractivity contribution is 5.53. The third-order valence-electron chi connectivity index (χ3n) is 4.93. The van der Waals surface area contributed by atoms with E-state index in [2.05, 4.69) is 42.5 Å². The van der Waals surface area contributed by atoms with Gasteiger partial charge in [0.05, 0.1) is 12.1 Å². The molecule has 0 radical (unpaired) electrons. The van der Waals surface area contributed by atoms with E-state index in [1.165, 1.54) is 22.3 Å². The Morgan fingerprint density at radius 2 is 1.62 bits per heavy atom. The summed E-state index contributed by atoms with van der Waals surface area (Å²) in [5.41, 5.74) is 11.7. The van der Waals surface area contributed by atoms with Crippen molar-refractivity contribution in [1.82, 2.24) is 0 Å². The molecule has 0 aromatic heterocycles. The first-order chi connectivity index (χ1) is 10.3. The van der Waals surface area contributed by atoms with Crippen LogP contribution in [0.25, 0.3) is 0 Å². The first-order valence-corrected chi connectivity index (χ1v) is 7.91. The predicted octanol–water partition coefficient (Wildman–Crippen LogP) is 3.55. The molecule has 2 heteroatoms. The zero-order valence-corrected chi connectivity index (χ0v) is 12.3. The highest BCUT2D eigenvalue weighted by Crippen LogP contribution is 2.44. The van der Waals surface area contributed by atoms with Crippen molar-refractivity contribution in [3.63, 3.8) is 0 Å². The van der Waals surface area contributed by atoms with Crippen LogP contribution in [0.5, 0.6) is 5.75 Å². The smallest absolute Gasteiger partial charge is 0.127 e. The van der Waals surface area contributed by atoms with Gasteiger partial charge in [-0.2, -0.15) is 0 Å². The maximum Gasteiger partial charge on any atom is 0.127 e. The summed E-state index contributed by atoms with van der Waals surface area (Å²) in [6.07, 6.45) is 5.46. The number of hydrogen-bond donors (Lipinski definition) is 1. The predicted molar refractivity (Wildman–Crippen MR) is 84.6 cm³/mol. The molecule has 0 fully saturated rings. The van der Waals surface area contributed by atoms with Crippen molar-refractivity contribution in [1.29, 1.82) is 0 Å². The highest BCUT2D eigenvalue weighted by atomic mass is 16.5. The standard InChI is InChI=1S/C19H21NO/c20-19(12-4-8-14-6-1-2-10-16(14)19)17-11-3-7-15-9-5-13-21-18(15)17/h1-3,6-7,10-11H,4-5,8-9,12-13,20H2. The number of ether oxygens (including phenoxy) is 1. The number of hydrogen-bond acceptors (Lipinski definition) is 2. The zero-order chi connectivity index (χ0) is 14.3. The lowest BCUT2D eigenvalue weighted by atomic mass is 9.72. The maximum absolute atomic E-state index is 6.94. The van der Waals surface area contributed by atoms with Gasteiger partial charge in [0.2, 0.25) is 0 Å². The Morgan fingerprint density at radius 1 is 0.857 bits per heavy atom. The molecule has 0 spiro atoms. The van der Waals surface area contributed by atoms with Crippen LogP contribution in [0.1, 0.15) is 41.5 Å². The number of rotatable bonds is 1. The number of aryl methyl sites for hydroxylation is 2. The van der Waals surface area contributed by atoms with Gasteiger partial charge in [0.25, 0.3) is 0 Å². The fourth-order valence-corrected chi connectivity index (χ4v) is 3.89. The van der Waals surface area contributed by atoms with Crippen molar-refractivity contribution in [3.05, 3.63) is 64.7 Å². The molecule has 4 rings (SSSR count). The second-order valence-electron chi connectivity index (χ2n) is 6.23. The lowest BCUT2D eigenvalue weighted by molar-refractivity contribution is 0.276. The van der Waals surface area contributed by atoms with Crippen molar-refractivity contribution in [2.75, 3.05) is 6.61 Å². The topological polar surface area (TPSA) is 35.2 Å². The van der Waals surface area contributed by atoms with Gasteiger partial charge in [-0.05, 0) is 48.8 Å². The molecule has 1 aliphatic carbocycles. The number of fused-ring (bicyclic) bond motifs is 2. The van der Waals surface area contributed by atoms with Gasteiger partial charge in [-0.3, -0.25) is 0 Å². The van der Waals surface area contributed by atoms with Gasteiger partial charge < -0.3 is 10.5 Å². The average Bonchev–Trinajstić information content (AvgIpc) is 2.55. The molecule has 1 atom stereocenters. The van der Waals surface area contributed by atoms with E-state index >= 15 is 0 Å². The summed E-state index contributed by atoms with van der Waals surface area (Å²) in [4.78, 5) is 0. The van der Waals surface area contributed by atoms with Gasteiger partial charge in [0.15, 0.2) is 0 Å². The van der Waals surface area contributed by atoms with Gasteiger partial charge in [-0.25, -0.2) is 0 Å². The highest BCUT2D eigenvalue weighted by Gasteiger charge is 2.37. The minimum Gasteiger partial charge on any atom is -0.493 e. The van der Waals surface area contributed by atoms with Gasteiger partial charge in [0, 0.05) is 5.56 Å². The second kappa shape index (κ2) is 4.88. The van der Waals surface area contributed by atoms with Crippen LogP contribution in [-0.4, -0.2) is 6.61 Å². The van der Waals surface area contributed by atoms with E-state index in [0.717, 1.165) is 44.5 Å². The molecule has 108 valence electrons. The van der Waals surface area contributed by atoms with Gasteiger partial charge >= 0.3 is 0 Å². The van der Waals surface area contributed by atoms with Crippen LogP contribution in [0.2, 0.25) is 0 Å². The number of benzene rings is 2. The van der Waals surface area contributed by atoms with E-state index < -0.39 is 5.54 Å². The molecular weight excluding hydrogens is 258 g/mol. The Kier molecular flexibility index (Phi) is 3.00. The molecular formula is C19H21NO. The van der Waals surface area contributed by atoms with Gasteiger partial charge in [-0.1, -0.05) is 42.5 Å². The Hall–Kier alpha value is -1.80. The summed E-state index contributed by atoms with van der Waals surface area (Å²) in [6, 6.07) is 15.1. The summed E-state index contributed by atoms with van der Waals surface area (Å²) in [5, 5.41) is 0. The lowest BCUT2D eigenvalue weighted by Crippen LogP contribution is -2.41. The van der Waals surface area contributed by atoms with Crippen LogP contribution in [0.15, 0.2) is 42.5 Å². The van der Waals surface area contributed by atoms with Crippen LogP contribution in [0, 0.1) is 0 Å². The van der Waals surface area contributed by atoms with Crippen LogP contribution in [0.3, 0.4) is 0 Å². The van der Waals surface area contributed by atoms with E-state index in [-0.39, 0.29) is 0 Å². The van der Waals surface area contributed by atoms with E-state index in [1.807, 2.05) is 0 Å². The minimum absolute atomic E-state index is 0.405. The molecule has 0 saturated carbocycles. The third-order valence-corrected chi connectivity index (χ3v) is 4.93. The molecule has 2 N–H and O–H groups in total. The van der Waals surface area contributed by atoms with Crippen molar-refractivity contribution in [2.24, 2.45) is 5.73 Å². The molecule has 0 amide bonds. The van der Waals surface area contributed by atoms with E-state index in [1.54, 1.807) is 0 Å². The van der Waals surface area contributed by atoms with E-state index in [0.29, 0.717) is 0 Å². The summed E-state index contributed by atoms with van der Waals surface area (Å²) < 4.78 is 6.01. The minimum atomic E-state index is -0.405. The Bertz CT molecular complexity index is 679. The molecule has 21 heavy (non-hydrogen) atoms. The molecule has 2 aromatic rings. The van der Waals surface area contributed by atoms with Crippen LogP contribution in [0.4, 0.5) is 0 Å². The van der Waals surface area contributed by atoms with Gasteiger partial charge in [0.1, 0.15) is 5.75 Å². The summed E-state index contributed by atoms with van der Waals surface area (Å²) >= 11 is 0. The third kappa shape index (κ3) is 1.97. The summed E-state index contributed by atoms with van der Waals surface area (Å²) in [7, 11) is 0. The molecule has 0 saturated heterocycles. The Morgan fingerprint density at radius 3 is 2.57 bits per heavy atom. The van der Waals surface area contributed by atoms with Crippen molar-refractivity contribution < 1.29 is 4.74 Å². The zero-order valence-electron chi connectivity index (χ0n) is 12.3. The molecule has 2 aliphatic rings. The van der Waals surface area contributed by atoms with E-state index in [9.17, 15) is 0 Å². The van der Waals surface area contributed by atoms with Crippen molar-refractivity contribution >= 4 is 0 Å². The van der Waals surface area contributed by atoms with Crippen molar-refractivity contribution in [2.45, 2.75) is 37.6 Å². The Balaban J connectivity index is 1.91. The fourth-order valence-electron chi connectivity index (χ4n) is 3.89. The van der Waals surface area contributed by atoms with E-state index in [4.69, 9.17) is 10.5 Å². The fraction of sp³-hybridized carbons (Fsp3) is 0.368. The number of nitrogens with two attached hydrogens (primary N) is 1. The normalized spacial score (nSPS) is 23.9. The largest absolute Gasteiger partial charge is 0.493 e. The quantitative estimate of drug-likeness (QED) is 0.866. The second-order valence-corrected chi connectivity index (χ2v) is 6.23. The molecule has 1 heterocycles. The lowest BCUT2D eigenvalue weighted by Gasteiger charge is -2.38. The number of para-hydroxylation sites is 1. The van der Waals surface area contributed by atoms with Crippen LogP contribution >= 0.6 is 0 Å². The van der Waals surface area contributed by atoms with Crippen LogP contribution < -0.4 is 10.5 Å². The van der Waals surface area contributed by atoms with Crippen molar-refractivity contribution in [3.8, 4) is 5.75 Å². The maximum atomic E-state index is 6.94.